The van der Waals surface area contributed by atoms with Crippen LogP contribution in [0.4, 0.5) is 0 Å². The van der Waals surface area contributed by atoms with E-state index in [1.807, 2.05) is 38.2 Å². The summed E-state index contributed by atoms with van der Waals surface area (Å²) in [4.78, 5) is 2.14. The molecule has 0 aliphatic heterocycles. The van der Waals surface area contributed by atoms with Crippen molar-refractivity contribution in [3.8, 4) is 11.5 Å². The van der Waals surface area contributed by atoms with E-state index in [0.29, 0.717) is 19.1 Å². The summed E-state index contributed by atoms with van der Waals surface area (Å²) < 4.78 is 11.2. The Morgan fingerprint density at radius 2 is 1.76 bits per heavy atom. The number of hydrogen-bond acceptors (Lipinski definition) is 3. The number of rotatable bonds is 8. The largest absolute Gasteiger partial charge is 0.490 e. The van der Waals surface area contributed by atoms with Crippen molar-refractivity contribution in [3.05, 3.63) is 24.3 Å². The van der Waals surface area contributed by atoms with Crippen molar-refractivity contribution in [1.82, 2.24) is 4.90 Å². The molecule has 0 radical (unpaired) electrons. The van der Waals surface area contributed by atoms with Gasteiger partial charge >= 0.3 is 0 Å². The molecule has 0 aliphatic carbocycles. The van der Waals surface area contributed by atoms with E-state index in [0.717, 1.165) is 24.6 Å². The highest BCUT2D eigenvalue weighted by molar-refractivity contribution is 6.18. The Morgan fingerprint density at radius 1 is 1.12 bits per heavy atom. The van der Waals surface area contributed by atoms with E-state index >= 15 is 0 Å². The van der Waals surface area contributed by atoms with E-state index < -0.39 is 0 Å². The SMILES string of the molecule is CCOc1ccccc1OCCN(C)CCCl. The average molecular weight is 258 g/mol. The molecule has 1 rings (SSSR count). The van der Waals surface area contributed by atoms with Crippen LogP contribution in [0, 0.1) is 0 Å². The predicted octanol–water partition coefficient (Wildman–Crippen LogP) is 2.63. The molecule has 17 heavy (non-hydrogen) atoms. The lowest BCUT2D eigenvalue weighted by Gasteiger charge is -2.16. The molecule has 0 fully saturated rings. The molecule has 1 aromatic carbocycles. The Labute approximate surface area is 108 Å². The van der Waals surface area contributed by atoms with Crippen molar-refractivity contribution in [3.63, 3.8) is 0 Å². The minimum Gasteiger partial charge on any atom is -0.490 e. The molecule has 0 saturated heterocycles. The van der Waals surface area contributed by atoms with Gasteiger partial charge in [-0.25, -0.2) is 0 Å². The van der Waals surface area contributed by atoms with Crippen LogP contribution in [0.25, 0.3) is 0 Å². The zero-order chi connectivity index (χ0) is 12.5. The fraction of sp³-hybridized carbons (Fsp3) is 0.538. The minimum atomic E-state index is 0.636. The quantitative estimate of drug-likeness (QED) is 0.669. The monoisotopic (exact) mass is 257 g/mol. The molecule has 0 atom stereocenters. The number of para-hydroxylation sites is 2. The Balaban J connectivity index is 2.40. The lowest BCUT2D eigenvalue weighted by atomic mass is 10.3. The number of benzene rings is 1. The van der Waals surface area contributed by atoms with Crippen LogP contribution in [0.5, 0.6) is 11.5 Å². The van der Waals surface area contributed by atoms with Crippen LogP contribution in [0.2, 0.25) is 0 Å². The van der Waals surface area contributed by atoms with E-state index in [4.69, 9.17) is 21.1 Å². The Hall–Kier alpha value is -0.930. The van der Waals surface area contributed by atoms with Crippen molar-refractivity contribution in [2.75, 3.05) is 39.2 Å². The first-order valence-electron chi connectivity index (χ1n) is 5.87. The number of ether oxygens (including phenoxy) is 2. The maximum atomic E-state index is 5.70. The normalized spacial score (nSPS) is 10.6. The van der Waals surface area contributed by atoms with E-state index in [1.54, 1.807) is 0 Å². The van der Waals surface area contributed by atoms with Gasteiger partial charge in [-0.3, -0.25) is 0 Å². The summed E-state index contributed by atoms with van der Waals surface area (Å²) in [5.74, 6) is 2.25. The molecule has 0 N–H and O–H groups in total. The smallest absolute Gasteiger partial charge is 0.161 e. The molecule has 0 aliphatic rings. The number of nitrogens with zero attached hydrogens (tertiary/aromatic N) is 1. The van der Waals surface area contributed by atoms with Gasteiger partial charge in [0, 0.05) is 19.0 Å². The van der Waals surface area contributed by atoms with Gasteiger partial charge in [-0.1, -0.05) is 12.1 Å². The topological polar surface area (TPSA) is 21.7 Å². The van der Waals surface area contributed by atoms with Crippen LogP contribution in [0.1, 0.15) is 6.92 Å². The molecule has 4 heteroatoms. The van der Waals surface area contributed by atoms with Crippen LogP contribution in [-0.2, 0) is 0 Å². The number of hydrogen-bond donors (Lipinski definition) is 0. The second-order valence-corrected chi connectivity index (χ2v) is 4.10. The van der Waals surface area contributed by atoms with Crippen LogP contribution in [-0.4, -0.2) is 44.1 Å². The first-order chi connectivity index (χ1) is 8.27. The lowest BCUT2D eigenvalue weighted by Crippen LogP contribution is -2.26. The summed E-state index contributed by atoms with van der Waals surface area (Å²) in [6.07, 6.45) is 0. The number of alkyl halides is 1. The van der Waals surface area contributed by atoms with Gasteiger partial charge < -0.3 is 14.4 Å². The van der Waals surface area contributed by atoms with Crippen LogP contribution in [0.3, 0.4) is 0 Å². The average Bonchev–Trinajstić information content (AvgIpc) is 2.32. The molecule has 3 nitrogen and oxygen atoms in total. The highest BCUT2D eigenvalue weighted by Crippen LogP contribution is 2.26. The maximum absolute atomic E-state index is 5.70. The van der Waals surface area contributed by atoms with Gasteiger partial charge in [-0.15, -0.1) is 11.6 Å². The second-order valence-electron chi connectivity index (χ2n) is 3.72. The van der Waals surface area contributed by atoms with E-state index in [2.05, 4.69) is 4.90 Å². The van der Waals surface area contributed by atoms with E-state index in [-0.39, 0.29) is 0 Å². The molecular formula is C13H20ClNO2. The molecule has 1 aromatic rings. The third-order valence-electron chi connectivity index (χ3n) is 2.35. The Bertz CT molecular complexity index is 320. The van der Waals surface area contributed by atoms with Crippen molar-refractivity contribution in [2.45, 2.75) is 6.92 Å². The van der Waals surface area contributed by atoms with E-state index in [9.17, 15) is 0 Å². The van der Waals surface area contributed by atoms with Gasteiger partial charge in [0.1, 0.15) is 6.61 Å². The van der Waals surface area contributed by atoms with E-state index in [1.165, 1.54) is 0 Å². The highest BCUT2D eigenvalue weighted by atomic mass is 35.5. The highest BCUT2D eigenvalue weighted by Gasteiger charge is 2.03. The molecule has 96 valence electrons. The molecule has 0 heterocycles. The maximum Gasteiger partial charge on any atom is 0.161 e. The fourth-order valence-corrected chi connectivity index (χ4v) is 1.70. The van der Waals surface area contributed by atoms with Crippen LogP contribution < -0.4 is 9.47 Å². The summed E-state index contributed by atoms with van der Waals surface area (Å²) in [6.45, 7) is 4.97. The summed E-state index contributed by atoms with van der Waals surface area (Å²) >= 11 is 5.66. The zero-order valence-electron chi connectivity index (χ0n) is 10.5. The molecule has 0 spiro atoms. The zero-order valence-corrected chi connectivity index (χ0v) is 11.2. The van der Waals surface area contributed by atoms with Crippen molar-refractivity contribution >= 4 is 11.6 Å². The minimum absolute atomic E-state index is 0.636. The van der Waals surface area contributed by atoms with Crippen molar-refractivity contribution < 1.29 is 9.47 Å². The molecule has 0 unspecified atom stereocenters. The fourth-order valence-electron chi connectivity index (χ4n) is 1.41. The second kappa shape index (κ2) is 8.20. The summed E-state index contributed by atoms with van der Waals surface area (Å²) in [5, 5.41) is 0. The van der Waals surface area contributed by atoms with Gasteiger partial charge in [0.15, 0.2) is 11.5 Å². The molecule has 0 aromatic heterocycles. The summed E-state index contributed by atoms with van der Waals surface area (Å²) in [5.41, 5.74) is 0. The number of halogens is 1. The lowest BCUT2D eigenvalue weighted by molar-refractivity contribution is 0.231. The number of likely N-dealkylation sites (N-methyl/N-ethyl adjacent to an activating group) is 1. The van der Waals surface area contributed by atoms with Crippen LogP contribution >= 0.6 is 11.6 Å². The molecule has 0 saturated carbocycles. The summed E-state index contributed by atoms with van der Waals surface area (Å²) in [7, 11) is 2.03. The Morgan fingerprint density at radius 3 is 2.35 bits per heavy atom. The first kappa shape index (κ1) is 14.1. The van der Waals surface area contributed by atoms with Gasteiger partial charge in [-0.05, 0) is 26.1 Å². The van der Waals surface area contributed by atoms with Gasteiger partial charge in [-0.2, -0.15) is 0 Å². The van der Waals surface area contributed by atoms with Crippen LogP contribution in [0.15, 0.2) is 24.3 Å². The van der Waals surface area contributed by atoms with Crippen molar-refractivity contribution in [2.24, 2.45) is 0 Å². The van der Waals surface area contributed by atoms with Gasteiger partial charge in [0.05, 0.1) is 6.61 Å². The standard InChI is InChI=1S/C13H20ClNO2/c1-3-16-12-6-4-5-7-13(12)17-11-10-15(2)9-8-14/h4-7H,3,8-11H2,1-2H3. The molecule has 0 bridgehead atoms. The Kier molecular flexibility index (Phi) is 6.82. The molecular weight excluding hydrogens is 238 g/mol. The van der Waals surface area contributed by atoms with Crippen molar-refractivity contribution in [1.29, 1.82) is 0 Å². The van der Waals surface area contributed by atoms with Gasteiger partial charge in [0.2, 0.25) is 0 Å². The summed E-state index contributed by atoms with van der Waals surface area (Å²) in [6, 6.07) is 7.73. The van der Waals surface area contributed by atoms with Gasteiger partial charge in [0.25, 0.3) is 0 Å². The predicted molar refractivity (Wildman–Crippen MR) is 71.3 cm³/mol. The third kappa shape index (κ3) is 5.29. The molecule has 0 amide bonds. The first-order valence-corrected chi connectivity index (χ1v) is 6.40. The third-order valence-corrected chi connectivity index (χ3v) is 2.51.